The van der Waals surface area contributed by atoms with E-state index in [9.17, 15) is 0 Å². The van der Waals surface area contributed by atoms with Crippen LogP contribution in [0.25, 0.3) is 100 Å². The molecule has 0 spiro atoms. The number of benzene rings is 8. The van der Waals surface area contributed by atoms with Crippen LogP contribution in [-0.2, 0) is 5.41 Å². The minimum atomic E-state index is -0.175. The maximum Gasteiger partial charge on any atom is 0.164 e. The fraction of sp³-hybridized carbons (Fsp3) is 0.0556. The first-order chi connectivity index (χ1) is 29.0. The molecule has 278 valence electrons. The number of rotatable bonds is 5. The van der Waals surface area contributed by atoms with Crippen LogP contribution in [0.3, 0.4) is 0 Å². The number of aromatic nitrogens is 5. The van der Waals surface area contributed by atoms with Crippen molar-refractivity contribution in [2.24, 2.45) is 0 Å². The summed E-state index contributed by atoms with van der Waals surface area (Å²) in [4.78, 5) is 15.0. The standard InChI is InChI=1S/C54H37N5/c1-54(2)44-22-12-9-19-39(44)42-31-32-47-49(50(42)54)43-30-29-38(59-45-23-13-10-20-40(45)41-21-11-14-24-46(41)59)33-48(43)58(47)37-27-25-36(26-28-37)53-56-51(34-15-5-3-6-16-34)55-52(57-53)35-17-7-4-8-18-35/h3-33H,1-2H3. The molecule has 0 saturated carbocycles. The summed E-state index contributed by atoms with van der Waals surface area (Å²) in [5, 5.41) is 5.04. The Morgan fingerprint density at radius 1 is 0.373 bits per heavy atom. The fourth-order valence-corrected chi connectivity index (χ4v) is 9.68. The molecule has 0 radical (unpaired) electrons. The molecule has 1 aliphatic carbocycles. The molecular formula is C54H37N5. The molecule has 3 heterocycles. The predicted molar refractivity (Wildman–Crippen MR) is 242 cm³/mol. The number of para-hydroxylation sites is 2. The first-order valence-electron chi connectivity index (χ1n) is 20.2. The van der Waals surface area contributed by atoms with Crippen molar-refractivity contribution in [3.8, 4) is 56.7 Å². The number of hydrogen-bond donors (Lipinski definition) is 0. The summed E-state index contributed by atoms with van der Waals surface area (Å²) in [6.07, 6.45) is 0. The van der Waals surface area contributed by atoms with Crippen molar-refractivity contribution in [2.75, 3.05) is 0 Å². The summed E-state index contributed by atoms with van der Waals surface area (Å²) in [7, 11) is 0. The fourth-order valence-electron chi connectivity index (χ4n) is 9.68. The summed E-state index contributed by atoms with van der Waals surface area (Å²) >= 11 is 0. The summed E-state index contributed by atoms with van der Waals surface area (Å²) in [5.74, 6) is 1.93. The molecule has 3 aromatic heterocycles. The predicted octanol–water partition coefficient (Wildman–Crippen LogP) is 13.4. The lowest BCUT2D eigenvalue weighted by Crippen LogP contribution is -2.15. The molecule has 0 unspecified atom stereocenters. The maximum absolute atomic E-state index is 5.02. The van der Waals surface area contributed by atoms with Gasteiger partial charge in [-0.1, -0.05) is 147 Å². The van der Waals surface area contributed by atoms with Gasteiger partial charge in [-0.25, -0.2) is 15.0 Å². The average Bonchev–Trinajstić information content (AvgIpc) is 3.89. The minimum absolute atomic E-state index is 0.175. The highest BCUT2D eigenvalue weighted by molar-refractivity contribution is 6.15. The molecule has 0 atom stereocenters. The van der Waals surface area contributed by atoms with Gasteiger partial charge in [-0.3, -0.25) is 0 Å². The van der Waals surface area contributed by atoms with E-state index in [1.54, 1.807) is 0 Å². The van der Waals surface area contributed by atoms with Crippen molar-refractivity contribution in [1.82, 2.24) is 24.1 Å². The van der Waals surface area contributed by atoms with Crippen molar-refractivity contribution in [3.05, 3.63) is 199 Å². The monoisotopic (exact) mass is 755 g/mol. The van der Waals surface area contributed by atoms with Gasteiger partial charge in [0, 0.05) is 55.0 Å². The van der Waals surface area contributed by atoms with Gasteiger partial charge in [0.05, 0.1) is 22.1 Å². The molecule has 0 bridgehead atoms. The SMILES string of the molecule is CC1(C)c2ccccc2-c2ccc3c(c21)c1ccc(-n2c4ccccc4c4ccccc42)cc1n3-c1ccc(-c2nc(-c3ccccc3)nc(-c3ccccc3)n2)cc1. The van der Waals surface area contributed by atoms with Gasteiger partial charge in [-0.05, 0) is 76.9 Å². The smallest absolute Gasteiger partial charge is 0.164 e. The minimum Gasteiger partial charge on any atom is -0.309 e. The first kappa shape index (κ1) is 33.5. The summed E-state index contributed by atoms with van der Waals surface area (Å²) in [6, 6.07) is 67.0. The van der Waals surface area contributed by atoms with Crippen LogP contribution in [0, 0.1) is 0 Å². The van der Waals surface area contributed by atoms with Gasteiger partial charge in [0.25, 0.3) is 0 Å². The third-order valence-corrected chi connectivity index (χ3v) is 12.4. The first-order valence-corrected chi connectivity index (χ1v) is 20.2. The van der Waals surface area contributed by atoms with Crippen LogP contribution in [0.2, 0.25) is 0 Å². The molecule has 0 aliphatic heterocycles. The van der Waals surface area contributed by atoms with E-state index >= 15 is 0 Å². The Balaban J connectivity index is 1.09. The van der Waals surface area contributed by atoms with Crippen molar-refractivity contribution < 1.29 is 0 Å². The maximum atomic E-state index is 5.02. The van der Waals surface area contributed by atoms with Crippen molar-refractivity contribution in [3.63, 3.8) is 0 Å². The molecule has 5 heteroatoms. The van der Waals surface area contributed by atoms with Crippen LogP contribution in [0.15, 0.2) is 188 Å². The van der Waals surface area contributed by atoms with Crippen LogP contribution < -0.4 is 0 Å². The van der Waals surface area contributed by atoms with E-state index < -0.39 is 0 Å². The van der Waals surface area contributed by atoms with E-state index in [0.29, 0.717) is 17.5 Å². The van der Waals surface area contributed by atoms with E-state index in [4.69, 9.17) is 15.0 Å². The van der Waals surface area contributed by atoms with Crippen LogP contribution >= 0.6 is 0 Å². The van der Waals surface area contributed by atoms with Crippen molar-refractivity contribution in [2.45, 2.75) is 19.3 Å². The number of fused-ring (bicyclic) bond motifs is 10. The molecule has 1 aliphatic rings. The summed E-state index contributed by atoms with van der Waals surface area (Å²) in [6.45, 7) is 4.76. The van der Waals surface area contributed by atoms with Gasteiger partial charge in [-0.15, -0.1) is 0 Å². The molecule has 8 aromatic carbocycles. The van der Waals surface area contributed by atoms with Gasteiger partial charge in [0.15, 0.2) is 17.5 Å². The van der Waals surface area contributed by atoms with E-state index in [1.165, 1.54) is 60.3 Å². The second kappa shape index (κ2) is 12.7. The zero-order valence-electron chi connectivity index (χ0n) is 32.6. The van der Waals surface area contributed by atoms with E-state index in [0.717, 1.165) is 33.6 Å². The Bertz CT molecular complexity index is 3340. The topological polar surface area (TPSA) is 48.5 Å². The average molecular weight is 756 g/mol. The second-order valence-corrected chi connectivity index (χ2v) is 16.0. The molecule has 0 saturated heterocycles. The molecule has 0 N–H and O–H groups in total. The molecular weight excluding hydrogens is 719 g/mol. The van der Waals surface area contributed by atoms with Gasteiger partial charge >= 0.3 is 0 Å². The van der Waals surface area contributed by atoms with Gasteiger partial charge < -0.3 is 9.13 Å². The Morgan fingerprint density at radius 3 is 1.51 bits per heavy atom. The zero-order chi connectivity index (χ0) is 39.2. The Labute approximate surface area is 341 Å². The summed E-state index contributed by atoms with van der Waals surface area (Å²) < 4.78 is 4.86. The lowest BCUT2D eigenvalue weighted by Gasteiger charge is -2.22. The molecule has 5 nitrogen and oxygen atoms in total. The third kappa shape index (κ3) is 5.01. The van der Waals surface area contributed by atoms with E-state index in [-0.39, 0.29) is 5.41 Å². The highest BCUT2D eigenvalue weighted by Gasteiger charge is 2.38. The highest BCUT2D eigenvalue weighted by Crippen LogP contribution is 2.53. The molecule has 59 heavy (non-hydrogen) atoms. The largest absolute Gasteiger partial charge is 0.309 e. The van der Waals surface area contributed by atoms with Crippen LogP contribution in [0.1, 0.15) is 25.0 Å². The lowest BCUT2D eigenvalue weighted by molar-refractivity contribution is 0.666. The van der Waals surface area contributed by atoms with Crippen LogP contribution in [-0.4, -0.2) is 24.1 Å². The molecule has 0 amide bonds. The lowest BCUT2D eigenvalue weighted by atomic mass is 9.80. The normalized spacial score (nSPS) is 13.1. The third-order valence-electron chi connectivity index (χ3n) is 12.4. The number of hydrogen-bond acceptors (Lipinski definition) is 3. The summed E-state index contributed by atoms with van der Waals surface area (Å²) in [5.41, 5.74) is 15.0. The van der Waals surface area contributed by atoms with Gasteiger partial charge in [-0.2, -0.15) is 0 Å². The highest BCUT2D eigenvalue weighted by atomic mass is 15.0. The van der Waals surface area contributed by atoms with Crippen LogP contribution in [0.5, 0.6) is 0 Å². The van der Waals surface area contributed by atoms with Crippen molar-refractivity contribution in [1.29, 1.82) is 0 Å². The number of nitrogens with zero attached hydrogens (tertiary/aromatic N) is 5. The van der Waals surface area contributed by atoms with E-state index in [1.807, 2.05) is 60.7 Å². The van der Waals surface area contributed by atoms with Crippen LogP contribution in [0.4, 0.5) is 0 Å². The molecule has 11 aromatic rings. The van der Waals surface area contributed by atoms with E-state index in [2.05, 4.69) is 150 Å². The Kier molecular flexibility index (Phi) is 7.20. The quantitative estimate of drug-likeness (QED) is 0.176. The van der Waals surface area contributed by atoms with Gasteiger partial charge in [0.2, 0.25) is 0 Å². The molecule has 0 fully saturated rings. The Morgan fingerprint density at radius 2 is 0.881 bits per heavy atom. The zero-order valence-corrected chi connectivity index (χ0v) is 32.6. The van der Waals surface area contributed by atoms with Gasteiger partial charge in [0.1, 0.15) is 0 Å². The second-order valence-electron chi connectivity index (χ2n) is 16.0. The molecule has 12 rings (SSSR count). The Hall–Kier alpha value is -7.63. The van der Waals surface area contributed by atoms with Crippen molar-refractivity contribution >= 4 is 43.6 Å².